The van der Waals surface area contributed by atoms with E-state index in [1.54, 1.807) is 8.47 Å². The summed E-state index contributed by atoms with van der Waals surface area (Å²) >= 11 is 12.2. The van der Waals surface area contributed by atoms with Crippen molar-refractivity contribution >= 4 is 70.6 Å². The van der Waals surface area contributed by atoms with E-state index < -0.39 is 0 Å². The zero-order chi connectivity index (χ0) is 18.8. The Bertz CT molecular complexity index is 537. The second-order valence-electron chi connectivity index (χ2n) is 5.98. The number of hydrogen-bond donors (Lipinski definition) is 0. The van der Waals surface area contributed by atoms with E-state index in [4.69, 9.17) is 0 Å². The Balaban J connectivity index is 2.03. The van der Waals surface area contributed by atoms with Gasteiger partial charge in [0.2, 0.25) is 0 Å². The lowest BCUT2D eigenvalue weighted by Gasteiger charge is -2.04. The van der Waals surface area contributed by atoms with E-state index in [0.717, 1.165) is 0 Å². The molecule has 0 N–H and O–H groups in total. The quantitative estimate of drug-likeness (QED) is 0.294. The van der Waals surface area contributed by atoms with Crippen molar-refractivity contribution in [1.29, 1.82) is 0 Å². The molecule has 146 valence electrons. The molecule has 0 unspecified atom stereocenters. The van der Waals surface area contributed by atoms with Gasteiger partial charge in [-0.25, -0.2) is 0 Å². The molecule has 0 nitrogen and oxygen atoms in total. The van der Waals surface area contributed by atoms with Gasteiger partial charge in [0.15, 0.2) is 0 Å². The molecule has 0 aromatic carbocycles. The van der Waals surface area contributed by atoms with Gasteiger partial charge in [0.1, 0.15) is 0 Å². The van der Waals surface area contributed by atoms with Crippen molar-refractivity contribution in [3.8, 4) is 0 Å². The highest BCUT2D eigenvalue weighted by Gasteiger charge is 2.29. The summed E-state index contributed by atoms with van der Waals surface area (Å²) in [6.45, 7) is 8.87. The molecule has 2 aliphatic heterocycles. The maximum atomic E-state index is 2.29. The molecule has 26 heavy (non-hydrogen) atoms. The van der Waals surface area contributed by atoms with Crippen LogP contribution in [0, 0.1) is 0 Å². The van der Waals surface area contributed by atoms with Gasteiger partial charge in [-0.15, -0.1) is 23.5 Å². The van der Waals surface area contributed by atoms with Crippen LogP contribution in [0.25, 0.3) is 0 Å². The van der Waals surface area contributed by atoms with Crippen molar-refractivity contribution in [2.45, 2.75) is 66.2 Å². The minimum absolute atomic E-state index is 1.26. The second-order valence-corrected chi connectivity index (χ2v) is 13.4. The van der Waals surface area contributed by atoms with E-state index in [1.165, 1.54) is 68.3 Å². The van der Waals surface area contributed by atoms with Gasteiger partial charge < -0.3 is 0 Å². The summed E-state index contributed by atoms with van der Waals surface area (Å²) in [7, 11) is 0. The van der Waals surface area contributed by atoms with E-state index in [2.05, 4.69) is 63.4 Å². The van der Waals surface area contributed by atoms with Gasteiger partial charge in [0.05, 0.1) is 16.9 Å². The van der Waals surface area contributed by atoms with Crippen molar-refractivity contribution < 1.29 is 0 Å². The molecule has 0 spiro atoms. The largest absolute Gasteiger partial charge is 0.117 e. The van der Waals surface area contributed by atoms with Crippen molar-refractivity contribution in [3.63, 3.8) is 0 Å². The molecule has 0 aliphatic carbocycles. The molecule has 1 saturated heterocycles. The Labute approximate surface area is 186 Å². The maximum Gasteiger partial charge on any atom is 0.0717 e. The summed E-state index contributed by atoms with van der Waals surface area (Å²) in [5, 5.41) is 0. The van der Waals surface area contributed by atoms with Crippen LogP contribution in [0.2, 0.25) is 0 Å². The lowest BCUT2D eigenvalue weighted by Crippen LogP contribution is -1.82. The van der Waals surface area contributed by atoms with Crippen LogP contribution in [0.15, 0.2) is 38.9 Å². The Hall–Kier alpha value is 1.06. The Morgan fingerprint density at radius 2 is 1.08 bits per heavy atom. The second kappa shape index (κ2) is 13.3. The molecule has 0 saturated carbocycles. The third-order valence-corrected chi connectivity index (χ3v) is 12.8. The molecular formula is C20H30S6. The molecule has 0 atom stereocenters. The fourth-order valence-electron chi connectivity index (χ4n) is 2.37. The summed E-state index contributed by atoms with van der Waals surface area (Å²) in [6.07, 6.45) is 12.5. The standard InChI is InChI=1S/C20H30S6/c1-5-9-11-13-21-17-18(22-14-12-10-6-2)26-20(25-17)19-23-15(7-3)16(8-4)24-19/h7-8H,5-6,9-14H2,1-4H3/b15-7+,16-8+. The maximum absolute atomic E-state index is 2.29. The number of rotatable bonds is 10. The van der Waals surface area contributed by atoms with Crippen LogP contribution in [-0.4, -0.2) is 11.5 Å². The molecule has 0 radical (unpaired) electrons. The molecule has 6 heteroatoms. The van der Waals surface area contributed by atoms with Gasteiger partial charge in [-0.2, -0.15) is 0 Å². The first-order chi connectivity index (χ1) is 12.7. The average Bonchev–Trinajstić information content (AvgIpc) is 3.26. The summed E-state index contributed by atoms with van der Waals surface area (Å²) in [6, 6.07) is 0. The first-order valence-electron chi connectivity index (χ1n) is 9.51. The fraction of sp³-hybridized carbons (Fsp3) is 0.600. The highest BCUT2D eigenvalue weighted by Crippen LogP contribution is 2.64. The van der Waals surface area contributed by atoms with E-state index >= 15 is 0 Å². The Kier molecular flexibility index (Phi) is 12.0. The van der Waals surface area contributed by atoms with E-state index in [1.807, 2.05) is 47.0 Å². The molecule has 2 heterocycles. The van der Waals surface area contributed by atoms with Crippen LogP contribution in [-0.2, 0) is 0 Å². The van der Waals surface area contributed by atoms with Crippen molar-refractivity contribution in [2.75, 3.05) is 11.5 Å². The average molecular weight is 463 g/mol. The molecular weight excluding hydrogens is 433 g/mol. The first kappa shape index (κ1) is 23.3. The van der Waals surface area contributed by atoms with Gasteiger partial charge in [0.25, 0.3) is 0 Å². The van der Waals surface area contributed by atoms with Gasteiger partial charge >= 0.3 is 0 Å². The minimum atomic E-state index is 1.26. The van der Waals surface area contributed by atoms with Gasteiger partial charge in [-0.05, 0) is 38.2 Å². The molecule has 2 rings (SSSR count). The van der Waals surface area contributed by atoms with Gasteiger partial charge in [-0.1, -0.05) is 98.7 Å². The lowest BCUT2D eigenvalue weighted by molar-refractivity contribution is 0.779. The number of hydrogen-bond acceptors (Lipinski definition) is 6. The van der Waals surface area contributed by atoms with Crippen molar-refractivity contribution in [2.24, 2.45) is 0 Å². The summed E-state index contributed by atoms with van der Waals surface area (Å²) in [5.41, 5.74) is 0. The smallest absolute Gasteiger partial charge is 0.0717 e. The molecule has 0 bridgehead atoms. The summed E-state index contributed by atoms with van der Waals surface area (Å²) in [5.74, 6) is 2.53. The number of unbranched alkanes of at least 4 members (excludes halogenated alkanes) is 4. The van der Waals surface area contributed by atoms with Crippen molar-refractivity contribution in [3.05, 3.63) is 38.9 Å². The van der Waals surface area contributed by atoms with Crippen molar-refractivity contribution in [1.82, 2.24) is 0 Å². The van der Waals surface area contributed by atoms with Crippen LogP contribution >= 0.6 is 70.6 Å². The molecule has 0 amide bonds. The third kappa shape index (κ3) is 7.14. The highest BCUT2D eigenvalue weighted by molar-refractivity contribution is 8.42. The fourth-order valence-corrected chi connectivity index (χ4v) is 11.2. The minimum Gasteiger partial charge on any atom is -0.117 e. The number of thioether (sulfide) groups is 6. The summed E-state index contributed by atoms with van der Waals surface area (Å²) in [4.78, 5) is 2.84. The van der Waals surface area contributed by atoms with E-state index in [-0.39, 0.29) is 0 Å². The van der Waals surface area contributed by atoms with Crippen LogP contribution in [0.5, 0.6) is 0 Å². The monoisotopic (exact) mass is 462 g/mol. The SMILES string of the molecule is C/C=C1/SC(=C2SC(SCCCCC)=C(SCCCCC)S2)S/C1=C/C. The summed E-state index contributed by atoms with van der Waals surface area (Å²) < 4.78 is 6.11. The predicted molar refractivity (Wildman–Crippen MR) is 136 cm³/mol. The predicted octanol–water partition coefficient (Wildman–Crippen LogP) is 9.85. The van der Waals surface area contributed by atoms with E-state index in [9.17, 15) is 0 Å². The highest BCUT2D eigenvalue weighted by atomic mass is 32.3. The molecule has 2 aliphatic rings. The number of allylic oxidation sites excluding steroid dienone is 2. The zero-order valence-electron chi connectivity index (χ0n) is 16.3. The lowest BCUT2D eigenvalue weighted by atomic mass is 10.3. The molecule has 0 aromatic heterocycles. The van der Waals surface area contributed by atoms with Crippen LogP contribution in [0.4, 0.5) is 0 Å². The van der Waals surface area contributed by atoms with Gasteiger partial charge in [0, 0.05) is 9.81 Å². The Morgan fingerprint density at radius 1 is 0.654 bits per heavy atom. The topological polar surface area (TPSA) is 0 Å². The Morgan fingerprint density at radius 3 is 1.46 bits per heavy atom. The third-order valence-electron chi connectivity index (χ3n) is 3.84. The van der Waals surface area contributed by atoms with Crippen LogP contribution in [0.3, 0.4) is 0 Å². The zero-order valence-corrected chi connectivity index (χ0v) is 21.2. The molecule has 0 aromatic rings. The van der Waals surface area contributed by atoms with Gasteiger partial charge in [-0.3, -0.25) is 0 Å². The van der Waals surface area contributed by atoms with Crippen LogP contribution < -0.4 is 0 Å². The normalized spacial score (nSPS) is 21.1. The van der Waals surface area contributed by atoms with Crippen LogP contribution in [0.1, 0.15) is 66.2 Å². The van der Waals surface area contributed by atoms with E-state index in [0.29, 0.717) is 0 Å². The molecule has 1 fully saturated rings. The first-order valence-corrected chi connectivity index (χ1v) is 14.8.